The first-order valence-electron chi connectivity index (χ1n) is 6.45. The molecule has 2 bridgehead atoms. The second-order valence-corrected chi connectivity index (χ2v) is 5.00. The number of ether oxygens (including phenoxy) is 1. The number of benzene rings is 1. The molecule has 0 spiro atoms. The van der Waals surface area contributed by atoms with Gasteiger partial charge in [-0.15, -0.1) is 0 Å². The van der Waals surface area contributed by atoms with Gasteiger partial charge in [0.1, 0.15) is 12.0 Å². The molecule has 98 valence electrons. The van der Waals surface area contributed by atoms with Crippen molar-refractivity contribution in [2.24, 2.45) is 11.8 Å². The number of nitrogens with zero attached hydrogens (tertiary/aromatic N) is 1. The van der Waals surface area contributed by atoms with Crippen LogP contribution >= 0.6 is 0 Å². The summed E-state index contributed by atoms with van der Waals surface area (Å²) in [5, 5.41) is 0. The number of para-hydroxylation sites is 1. The van der Waals surface area contributed by atoms with Crippen LogP contribution in [0.5, 0.6) is 5.75 Å². The Hall–Kier alpha value is -2.10. The number of carbonyl (C=O) groups excluding carboxylic acids is 2. The topological polar surface area (TPSA) is 46.6 Å². The van der Waals surface area contributed by atoms with Crippen LogP contribution in [0.1, 0.15) is 6.42 Å². The van der Waals surface area contributed by atoms with Gasteiger partial charge in [0.2, 0.25) is 0 Å². The Labute approximate surface area is 111 Å². The van der Waals surface area contributed by atoms with Crippen LogP contribution in [0.25, 0.3) is 0 Å². The van der Waals surface area contributed by atoms with Crippen molar-refractivity contribution in [1.29, 1.82) is 0 Å². The van der Waals surface area contributed by atoms with Gasteiger partial charge in [-0.25, -0.2) is 4.79 Å². The van der Waals surface area contributed by atoms with E-state index in [-0.39, 0.29) is 24.0 Å². The number of amides is 1. The Morgan fingerprint density at radius 2 is 2.05 bits per heavy atom. The third-order valence-corrected chi connectivity index (χ3v) is 3.74. The molecule has 2 aliphatic heterocycles. The molecule has 1 saturated heterocycles. The lowest BCUT2D eigenvalue weighted by Crippen LogP contribution is -2.54. The van der Waals surface area contributed by atoms with Crippen molar-refractivity contribution in [2.45, 2.75) is 12.5 Å². The van der Waals surface area contributed by atoms with E-state index < -0.39 is 0 Å². The summed E-state index contributed by atoms with van der Waals surface area (Å²) >= 11 is 0. The van der Waals surface area contributed by atoms with Crippen LogP contribution in [0.3, 0.4) is 0 Å². The molecule has 4 nitrogen and oxygen atoms in total. The molecule has 3 aliphatic rings. The van der Waals surface area contributed by atoms with Gasteiger partial charge in [-0.1, -0.05) is 30.4 Å². The first-order valence-corrected chi connectivity index (χ1v) is 6.45. The molecule has 0 radical (unpaired) electrons. The zero-order valence-corrected chi connectivity index (χ0v) is 10.4. The maximum atomic E-state index is 12.2. The fraction of sp³-hybridized carbons (Fsp3) is 0.333. The molecule has 1 aromatic carbocycles. The lowest BCUT2D eigenvalue weighted by Gasteiger charge is -2.43. The number of aldehydes is 1. The predicted octanol–water partition coefficient (Wildman–Crippen LogP) is 2.26. The number of carbonyl (C=O) groups is 2. The zero-order valence-electron chi connectivity index (χ0n) is 10.4. The molecule has 4 heteroatoms. The van der Waals surface area contributed by atoms with Crippen LogP contribution in [0.4, 0.5) is 4.79 Å². The number of hydrogen-bond donors (Lipinski definition) is 0. The van der Waals surface area contributed by atoms with E-state index in [0.717, 1.165) is 12.7 Å². The Balaban J connectivity index is 1.74. The Kier molecular flexibility index (Phi) is 3.07. The smallest absolute Gasteiger partial charge is 0.410 e. The number of fused-ring (bicyclic) bond motifs is 2. The van der Waals surface area contributed by atoms with E-state index >= 15 is 0 Å². The van der Waals surface area contributed by atoms with Gasteiger partial charge in [-0.2, -0.15) is 0 Å². The molecule has 2 heterocycles. The van der Waals surface area contributed by atoms with E-state index in [1.807, 2.05) is 24.3 Å². The van der Waals surface area contributed by atoms with Crippen LogP contribution in [-0.2, 0) is 4.79 Å². The Morgan fingerprint density at radius 1 is 1.26 bits per heavy atom. The number of rotatable bonds is 2. The van der Waals surface area contributed by atoms with E-state index in [9.17, 15) is 9.59 Å². The standard InChI is InChI=1S/C15H15NO3/c17-10-12-8-11-6-7-14(12)16(9-11)15(18)19-13-4-2-1-3-5-13/h1-7,10-12,14H,8-9H2/t11-,12?,14-/m1/s1. The fourth-order valence-electron chi connectivity index (χ4n) is 2.81. The minimum atomic E-state index is -0.378. The highest BCUT2D eigenvalue weighted by Crippen LogP contribution is 2.33. The Bertz CT molecular complexity index is 511. The lowest BCUT2D eigenvalue weighted by molar-refractivity contribution is -0.114. The molecular formula is C15H15NO3. The second-order valence-electron chi connectivity index (χ2n) is 5.00. The highest BCUT2D eigenvalue weighted by Gasteiger charge is 2.40. The summed E-state index contributed by atoms with van der Waals surface area (Å²) in [6, 6.07) is 8.84. The first kappa shape index (κ1) is 12.0. The fourth-order valence-corrected chi connectivity index (χ4v) is 2.81. The highest BCUT2D eigenvalue weighted by molar-refractivity contribution is 5.73. The molecule has 1 aromatic rings. The van der Waals surface area contributed by atoms with Gasteiger partial charge in [-0.05, 0) is 24.5 Å². The summed E-state index contributed by atoms with van der Waals surface area (Å²) < 4.78 is 5.34. The van der Waals surface area contributed by atoms with Crippen molar-refractivity contribution < 1.29 is 14.3 Å². The lowest BCUT2D eigenvalue weighted by atomic mass is 9.78. The summed E-state index contributed by atoms with van der Waals surface area (Å²) in [5.41, 5.74) is 0. The van der Waals surface area contributed by atoms with Crippen molar-refractivity contribution in [2.75, 3.05) is 6.54 Å². The summed E-state index contributed by atoms with van der Waals surface area (Å²) in [6.07, 6.45) is 5.44. The average Bonchev–Trinajstić information content (AvgIpc) is 2.48. The Morgan fingerprint density at radius 3 is 2.74 bits per heavy atom. The molecule has 0 N–H and O–H groups in total. The summed E-state index contributed by atoms with van der Waals surface area (Å²) in [4.78, 5) is 24.9. The van der Waals surface area contributed by atoms with E-state index in [1.165, 1.54) is 0 Å². The van der Waals surface area contributed by atoms with E-state index in [0.29, 0.717) is 12.3 Å². The molecule has 1 unspecified atom stereocenters. The van der Waals surface area contributed by atoms with Crippen LogP contribution in [0.2, 0.25) is 0 Å². The average molecular weight is 257 g/mol. The minimum Gasteiger partial charge on any atom is -0.410 e. The molecule has 19 heavy (non-hydrogen) atoms. The van der Waals surface area contributed by atoms with Gasteiger partial charge in [0.15, 0.2) is 0 Å². The third-order valence-electron chi connectivity index (χ3n) is 3.74. The first-order chi connectivity index (χ1) is 9.28. The predicted molar refractivity (Wildman–Crippen MR) is 69.8 cm³/mol. The molecule has 4 rings (SSSR count). The molecular weight excluding hydrogens is 242 g/mol. The molecule has 1 fully saturated rings. The van der Waals surface area contributed by atoms with Crippen LogP contribution in [0, 0.1) is 11.8 Å². The molecule has 0 aromatic heterocycles. The molecule has 1 aliphatic carbocycles. The largest absolute Gasteiger partial charge is 0.415 e. The summed E-state index contributed by atoms with van der Waals surface area (Å²) in [5.74, 6) is 0.691. The molecule has 0 saturated carbocycles. The van der Waals surface area contributed by atoms with Gasteiger partial charge in [0, 0.05) is 12.5 Å². The van der Waals surface area contributed by atoms with E-state index in [4.69, 9.17) is 4.74 Å². The number of piperidine rings is 1. The van der Waals surface area contributed by atoms with Gasteiger partial charge in [-0.3, -0.25) is 0 Å². The highest BCUT2D eigenvalue weighted by atomic mass is 16.6. The molecule has 1 amide bonds. The SMILES string of the molecule is O=CC1C[C@H]2C=C[C@H]1N(C(=O)Oc1ccccc1)C2. The van der Waals surface area contributed by atoms with E-state index in [1.54, 1.807) is 17.0 Å². The minimum absolute atomic E-state index is 0.105. The van der Waals surface area contributed by atoms with Crippen molar-refractivity contribution in [3.05, 3.63) is 42.5 Å². The van der Waals surface area contributed by atoms with Crippen molar-refractivity contribution in [1.82, 2.24) is 4.90 Å². The van der Waals surface area contributed by atoms with Gasteiger partial charge in [0.25, 0.3) is 0 Å². The maximum absolute atomic E-state index is 12.2. The normalized spacial score (nSPS) is 28.2. The summed E-state index contributed by atoms with van der Waals surface area (Å²) in [6.45, 7) is 0.636. The quantitative estimate of drug-likeness (QED) is 0.603. The van der Waals surface area contributed by atoms with Gasteiger partial charge >= 0.3 is 6.09 Å². The zero-order chi connectivity index (χ0) is 13.2. The van der Waals surface area contributed by atoms with Crippen LogP contribution in [0.15, 0.2) is 42.5 Å². The van der Waals surface area contributed by atoms with Crippen molar-refractivity contribution >= 4 is 12.4 Å². The van der Waals surface area contributed by atoms with Crippen LogP contribution < -0.4 is 4.74 Å². The van der Waals surface area contributed by atoms with Crippen molar-refractivity contribution in [3.63, 3.8) is 0 Å². The maximum Gasteiger partial charge on any atom is 0.415 e. The van der Waals surface area contributed by atoms with Crippen LogP contribution in [-0.4, -0.2) is 29.9 Å². The molecule has 3 atom stereocenters. The van der Waals surface area contributed by atoms with Gasteiger partial charge in [0.05, 0.1) is 6.04 Å². The van der Waals surface area contributed by atoms with Gasteiger partial charge < -0.3 is 14.4 Å². The number of hydrogen-bond acceptors (Lipinski definition) is 3. The third kappa shape index (κ3) is 2.26. The van der Waals surface area contributed by atoms with Crippen molar-refractivity contribution in [3.8, 4) is 5.75 Å². The summed E-state index contributed by atoms with van der Waals surface area (Å²) in [7, 11) is 0. The second kappa shape index (κ2) is 4.88. The van der Waals surface area contributed by atoms with E-state index in [2.05, 4.69) is 6.08 Å². The monoisotopic (exact) mass is 257 g/mol.